The maximum Gasteiger partial charge on any atom is 0.231 e. The van der Waals surface area contributed by atoms with Gasteiger partial charge in [-0.05, 0) is 48.2 Å². The molecule has 1 N–H and O–H groups in total. The van der Waals surface area contributed by atoms with Crippen molar-refractivity contribution in [2.45, 2.75) is 11.3 Å². The van der Waals surface area contributed by atoms with Gasteiger partial charge in [-0.15, -0.1) is 11.8 Å². The molecule has 2 aromatic carbocycles. The van der Waals surface area contributed by atoms with Crippen LogP contribution in [0.25, 0.3) is 11.4 Å². The van der Waals surface area contributed by atoms with E-state index in [2.05, 4.69) is 10.1 Å². The summed E-state index contributed by atoms with van der Waals surface area (Å²) in [4.78, 5) is 5.59. The minimum absolute atomic E-state index is 0.236. The van der Waals surface area contributed by atoms with Gasteiger partial charge < -0.3 is 9.63 Å². The quantitative estimate of drug-likeness (QED) is 0.743. The van der Waals surface area contributed by atoms with Crippen molar-refractivity contribution in [1.82, 2.24) is 10.1 Å². The molecule has 0 bridgehead atoms. The lowest BCUT2D eigenvalue weighted by Crippen LogP contribution is -1.88. The number of phenols is 1. The Morgan fingerprint density at radius 2 is 1.95 bits per heavy atom. The van der Waals surface area contributed by atoms with Gasteiger partial charge in [0, 0.05) is 10.5 Å². The van der Waals surface area contributed by atoms with Gasteiger partial charge in [-0.1, -0.05) is 17.3 Å². The predicted octanol–water partition coefficient (Wildman–Crippen LogP) is 3.75. The molecule has 1 heterocycles. The largest absolute Gasteiger partial charge is 0.508 e. The van der Waals surface area contributed by atoms with Crippen molar-refractivity contribution in [3.05, 3.63) is 60.0 Å². The lowest BCUT2D eigenvalue weighted by atomic mass is 10.1. The van der Waals surface area contributed by atoms with E-state index in [9.17, 15) is 5.11 Å². The SMILES string of the molecule is CSc1ccc(-c2noc(Cc3cccc(O)c3)n2)cc1. The van der Waals surface area contributed by atoms with Crippen molar-refractivity contribution in [3.8, 4) is 17.1 Å². The second-order valence-corrected chi connectivity index (χ2v) is 5.47. The van der Waals surface area contributed by atoms with Gasteiger partial charge in [-0.25, -0.2) is 0 Å². The van der Waals surface area contributed by atoms with Crippen LogP contribution in [0.3, 0.4) is 0 Å². The summed E-state index contributed by atoms with van der Waals surface area (Å²) in [6, 6.07) is 15.1. The number of aromatic hydroxyl groups is 1. The van der Waals surface area contributed by atoms with Crippen molar-refractivity contribution in [1.29, 1.82) is 0 Å². The Labute approximate surface area is 126 Å². The zero-order chi connectivity index (χ0) is 14.7. The number of aromatic nitrogens is 2. The average Bonchev–Trinajstić information content (AvgIpc) is 2.96. The molecule has 0 unspecified atom stereocenters. The van der Waals surface area contributed by atoms with E-state index in [1.54, 1.807) is 30.0 Å². The third kappa shape index (κ3) is 3.25. The molecule has 0 spiro atoms. The summed E-state index contributed by atoms with van der Waals surface area (Å²) >= 11 is 1.69. The minimum atomic E-state index is 0.236. The zero-order valence-electron chi connectivity index (χ0n) is 11.5. The van der Waals surface area contributed by atoms with Crippen LogP contribution >= 0.6 is 11.8 Å². The summed E-state index contributed by atoms with van der Waals surface area (Å²) in [6.07, 6.45) is 2.54. The van der Waals surface area contributed by atoms with Crippen LogP contribution in [0.5, 0.6) is 5.75 Å². The highest BCUT2D eigenvalue weighted by molar-refractivity contribution is 7.98. The highest BCUT2D eigenvalue weighted by atomic mass is 32.2. The average molecular weight is 298 g/mol. The summed E-state index contributed by atoms with van der Waals surface area (Å²) in [5.41, 5.74) is 1.86. The molecule has 106 valence electrons. The first-order chi connectivity index (χ1) is 10.2. The lowest BCUT2D eigenvalue weighted by molar-refractivity contribution is 0.385. The fourth-order valence-electron chi connectivity index (χ4n) is 2.03. The molecule has 0 amide bonds. The molecule has 0 saturated heterocycles. The molecule has 0 fully saturated rings. The number of phenolic OH excluding ortho intramolecular Hbond substituents is 1. The van der Waals surface area contributed by atoms with E-state index >= 15 is 0 Å². The van der Waals surface area contributed by atoms with E-state index in [0.29, 0.717) is 18.1 Å². The van der Waals surface area contributed by atoms with Crippen LogP contribution in [0.2, 0.25) is 0 Å². The normalized spacial score (nSPS) is 10.7. The van der Waals surface area contributed by atoms with E-state index in [4.69, 9.17) is 4.52 Å². The van der Waals surface area contributed by atoms with Crippen molar-refractivity contribution in [2.75, 3.05) is 6.26 Å². The first-order valence-corrected chi connectivity index (χ1v) is 7.72. The maximum atomic E-state index is 9.46. The van der Waals surface area contributed by atoms with E-state index in [0.717, 1.165) is 11.1 Å². The first kappa shape index (κ1) is 13.7. The number of hydrogen-bond donors (Lipinski definition) is 1. The second kappa shape index (κ2) is 6.01. The summed E-state index contributed by atoms with van der Waals surface area (Å²) in [7, 11) is 0. The smallest absolute Gasteiger partial charge is 0.231 e. The number of benzene rings is 2. The van der Waals surface area contributed by atoms with Crippen LogP contribution in [0.15, 0.2) is 57.9 Å². The van der Waals surface area contributed by atoms with Gasteiger partial charge in [-0.3, -0.25) is 0 Å². The van der Waals surface area contributed by atoms with Gasteiger partial charge in [0.25, 0.3) is 0 Å². The molecule has 0 aliphatic carbocycles. The molecule has 0 aliphatic rings. The number of rotatable bonds is 4. The van der Waals surface area contributed by atoms with Gasteiger partial charge in [0.15, 0.2) is 0 Å². The fraction of sp³-hybridized carbons (Fsp3) is 0.125. The second-order valence-electron chi connectivity index (χ2n) is 4.59. The summed E-state index contributed by atoms with van der Waals surface area (Å²) < 4.78 is 5.27. The van der Waals surface area contributed by atoms with Crippen LogP contribution in [-0.4, -0.2) is 21.5 Å². The minimum Gasteiger partial charge on any atom is -0.508 e. The molecule has 0 radical (unpaired) electrons. The molecular weight excluding hydrogens is 284 g/mol. The molecule has 0 atom stereocenters. The van der Waals surface area contributed by atoms with Crippen molar-refractivity contribution < 1.29 is 9.63 Å². The number of thioether (sulfide) groups is 1. The van der Waals surface area contributed by atoms with E-state index in [1.807, 2.05) is 36.6 Å². The van der Waals surface area contributed by atoms with Crippen molar-refractivity contribution in [2.24, 2.45) is 0 Å². The lowest BCUT2D eigenvalue weighted by Gasteiger charge is -1.97. The maximum absolute atomic E-state index is 9.46. The monoisotopic (exact) mass is 298 g/mol. The molecule has 5 heteroatoms. The topological polar surface area (TPSA) is 59.2 Å². The molecule has 3 aromatic rings. The van der Waals surface area contributed by atoms with Gasteiger partial charge in [0.05, 0.1) is 6.42 Å². The van der Waals surface area contributed by atoms with Crippen molar-refractivity contribution in [3.63, 3.8) is 0 Å². The Morgan fingerprint density at radius 1 is 1.14 bits per heavy atom. The van der Waals surface area contributed by atoms with Crippen LogP contribution < -0.4 is 0 Å². The molecule has 4 nitrogen and oxygen atoms in total. The summed E-state index contributed by atoms with van der Waals surface area (Å²) in [6.45, 7) is 0. The summed E-state index contributed by atoms with van der Waals surface area (Å²) in [5.74, 6) is 1.35. The molecular formula is C16H14N2O2S. The molecule has 21 heavy (non-hydrogen) atoms. The highest BCUT2D eigenvalue weighted by Crippen LogP contribution is 2.22. The van der Waals surface area contributed by atoms with Crippen molar-refractivity contribution >= 4 is 11.8 Å². The third-order valence-electron chi connectivity index (χ3n) is 3.08. The van der Waals surface area contributed by atoms with Gasteiger partial charge >= 0.3 is 0 Å². The van der Waals surface area contributed by atoms with E-state index in [1.165, 1.54) is 4.90 Å². The zero-order valence-corrected chi connectivity index (χ0v) is 12.3. The Hall–Kier alpha value is -2.27. The standard InChI is InChI=1S/C16H14N2O2S/c1-21-14-7-5-12(6-8-14)16-17-15(20-18-16)10-11-3-2-4-13(19)9-11/h2-9,19H,10H2,1H3. The molecule has 1 aromatic heterocycles. The Morgan fingerprint density at radius 3 is 2.67 bits per heavy atom. The van der Waals surface area contributed by atoms with Crippen LogP contribution in [0, 0.1) is 0 Å². The number of hydrogen-bond acceptors (Lipinski definition) is 5. The number of nitrogens with zero attached hydrogens (tertiary/aromatic N) is 2. The van der Waals surface area contributed by atoms with Gasteiger partial charge in [-0.2, -0.15) is 4.98 Å². The Bertz CT molecular complexity index is 738. The van der Waals surface area contributed by atoms with E-state index < -0.39 is 0 Å². The Kier molecular flexibility index (Phi) is 3.92. The first-order valence-electron chi connectivity index (χ1n) is 6.49. The van der Waals surface area contributed by atoms with Crippen LogP contribution in [0.1, 0.15) is 11.5 Å². The molecule has 0 aliphatic heterocycles. The van der Waals surface area contributed by atoms with Gasteiger partial charge in [0.1, 0.15) is 5.75 Å². The van der Waals surface area contributed by atoms with Crippen LogP contribution in [0.4, 0.5) is 0 Å². The Balaban J connectivity index is 1.79. The molecule has 3 rings (SSSR count). The fourth-order valence-corrected chi connectivity index (χ4v) is 2.43. The highest BCUT2D eigenvalue weighted by Gasteiger charge is 2.09. The van der Waals surface area contributed by atoms with Gasteiger partial charge in [0.2, 0.25) is 11.7 Å². The van der Waals surface area contributed by atoms with E-state index in [-0.39, 0.29) is 5.75 Å². The van der Waals surface area contributed by atoms with Crippen LogP contribution in [-0.2, 0) is 6.42 Å². The third-order valence-corrected chi connectivity index (χ3v) is 3.83. The predicted molar refractivity (Wildman–Crippen MR) is 82.4 cm³/mol. The summed E-state index contributed by atoms with van der Waals surface area (Å²) in [5, 5.41) is 13.5. The molecule has 0 saturated carbocycles.